The van der Waals surface area contributed by atoms with E-state index in [1.807, 2.05) is 7.05 Å². The van der Waals surface area contributed by atoms with E-state index >= 15 is 0 Å². The Balaban J connectivity index is 3.21. The fourth-order valence-corrected chi connectivity index (χ4v) is 1.63. The maximum atomic E-state index is 3.48. The van der Waals surface area contributed by atoms with Crippen molar-refractivity contribution in [2.75, 3.05) is 12.4 Å². The Hall–Kier alpha value is -0.500. The summed E-state index contributed by atoms with van der Waals surface area (Å²) in [7, 11) is 1.93. The molecule has 0 aliphatic carbocycles. The third-order valence-corrected chi connectivity index (χ3v) is 2.51. The van der Waals surface area contributed by atoms with Crippen molar-refractivity contribution in [3.63, 3.8) is 0 Å². The second-order valence-corrected chi connectivity index (χ2v) is 3.52. The van der Waals surface area contributed by atoms with Crippen molar-refractivity contribution in [3.8, 4) is 0 Å². The highest BCUT2D eigenvalue weighted by Gasteiger charge is 1.99. The van der Waals surface area contributed by atoms with Crippen molar-refractivity contribution < 1.29 is 0 Å². The molecule has 1 aromatic rings. The van der Waals surface area contributed by atoms with Crippen LogP contribution >= 0.6 is 15.9 Å². The van der Waals surface area contributed by atoms with Crippen molar-refractivity contribution in [3.05, 3.63) is 27.7 Å². The van der Waals surface area contributed by atoms with Gasteiger partial charge in [-0.3, -0.25) is 0 Å². The van der Waals surface area contributed by atoms with Crippen LogP contribution in [0.1, 0.15) is 11.1 Å². The Kier molecular flexibility index (Phi) is 2.55. The minimum absolute atomic E-state index is 1.13. The van der Waals surface area contributed by atoms with E-state index in [0.717, 1.165) is 10.2 Å². The van der Waals surface area contributed by atoms with E-state index in [2.05, 4.69) is 47.2 Å². The first kappa shape index (κ1) is 8.60. The zero-order valence-corrected chi connectivity index (χ0v) is 8.62. The van der Waals surface area contributed by atoms with Crippen molar-refractivity contribution in [2.45, 2.75) is 13.8 Å². The summed E-state index contributed by atoms with van der Waals surface area (Å²) in [5.41, 5.74) is 3.78. The first-order chi connectivity index (χ1) is 5.15. The summed E-state index contributed by atoms with van der Waals surface area (Å²) in [5, 5.41) is 3.12. The third kappa shape index (κ3) is 1.74. The fourth-order valence-electron chi connectivity index (χ4n) is 0.973. The molecule has 0 aliphatic heterocycles. The molecule has 1 aromatic carbocycles. The summed E-state index contributed by atoms with van der Waals surface area (Å²) in [6.45, 7) is 4.22. The van der Waals surface area contributed by atoms with Gasteiger partial charge in [0.05, 0.1) is 0 Å². The lowest BCUT2D eigenvalue weighted by Crippen LogP contribution is -1.91. The highest BCUT2D eigenvalue weighted by Crippen LogP contribution is 2.25. The summed E-state index contributed by atoms with van der Waals surface area (Å²) in [5.74, 6) is 0. The number of nitrogens with one attached hydrogen (secondary N) is 1. The molecule has 0 fully saturated rings. The second kappa shape index (κ2) is 3.26. The van der Waals surface area contributed by atoms with Gasteiger partial charge in [0.25, 0.3) is 0 Å². The molecule has 1 rings (SSSR count). The zero-order valence-electron chi connectivity index (χ0n) is 7.03. The number of hydrogen-bond acceptors (Lipinski definition) is 1. The van der Waals surface area contributed by atoms with Gasteiger partial charge in [-0.05, 0) is 53.0 Å². The third-order valence-electron chi connectivity index (χ3n) is 1.85. The maximum Gasteiger partial charge on any atom is 0.0484 e. The molecule has 0 bridgehead atoms. The molecule has 2 heteroatoms. The van der Waals surface area contributed by atoms with Crippen LogP contribution < -0.4 is 5.32 Å². The molecule has 0 radical (unpaired) electrons. The van der Waals surface area contributed by atoms with Crippen molar-refractivity contribution >= 4 is 21.6 Å². The monoisotopic (exact) mass is 213 g/mol. The molecule has 11 heavy (non-hydrogen) atoms. The van der Waals surface area contributed by atoms with Gasteiger partial charge in [0.2, 0.25) is 0 Å². The van der Waals surface area contributed by atoms with Crippen molar-refractivity contribution in [1.82, 2.24) is 0 Å². The number of aryl methyl sites for hydroxylation is 2. The quantitative estimate of drug-likeness (QED) is 0.757. The molecule has 0 aliphatic rings. The first-order valence-electron chi connectivity index (χ1n) is 3.59. The Bertz CT molecular complexity index is 269. The van der Waals surface area contributed by atoms with Crippen LogP contribution in [-0.4, -0.2) is 7.05 Å². The van der Waals surface area contributed by atoms with E-state index < -0.39 is 0 Å². The lowest BCUT2D eigenvalue weighted by molar-refractivity contribution is 1.32. The van der Waals surface area contributed by atoms with Crippen LogP contribution in [0.15, 0.2) is 16.6 Å². The van der Waals surface area contributed by atoms with Gasteiger partial charge in [0.15, 0.2) is 0 Å². The van der Waals surface area contributed by atoms with E-state index in [4.69, 9.17) is 0 Å². The molecule has 60 valence electrons. The molecule has 0 spiro atoms. The lowest BCUT2D eigenvalue weighted by Gasteiger charge is -2.06. The topological polar surface area (TPSA) is 12.0 Å². The van der Waals surface area contributed by atoms with Crippen molar-refractivity contribution in [1.29, 1.82) is 0 Å². The normalized spacial score (nSPS) is 9.82. The average molecular weight is 214 g/mol. The predicted octanol–water partition coefficient (Wildman–Crippen LogP) is 3.11. The van der Waals surface area contributed by atoms with E-state index in [1.54, 1.807) is 0 Å². The molecule has 0 amide bonds. The molecule has 0 saturated carbocycles. The molecular weight excluding hydrogens is 202 g/mol. The van der Waals surface area contributed by atoms with Gasteiger partial charge in [-0.25, -0.2) is 0 Å². The van der Waals surface area contributed by atoms with Crippen LogP contribution in [0.25, 0.3) is 0 Å². The Morgan fingerprint density at radius 1 is 1.18 bits per heavy atom. The van der Waals surface area contributed by atoms with Crippen LogP contribution in [0, 0.1) is 13.8 Å². The molecule has 0 heterocycles. The van der Waals surface area contributed by atoms with Crippen LogP contribution in [0.3, 0.4) is 0 Å². The Labute approximate surface area is 75.9 Å². The van der Waals surface area contributed by atoms with Gasteiger partial charge in [0.1, 0.15) is 0 Å². The van der Waals surface area contributed by atoms with Crippen LogP contribution in [-0.2, 0) is 0 Å². The molecule has 0 unspecified atom stereocenters. The van der Waals surface area contributed by atoms with Gasteiger partial charge in [0, 0.05) is 17.2 Å². The van der Waals surface area contributed by atoms with E-state index in [0.29, 0.717) is 0 Å². The SMILES string of the molecule is CNc1cc(C)c(C)cc1Br. The summed E-state index contributed by atoms with van der Waals surface area (Å²) < 4.78 is 1.13. The molecule has 1 N–H and O–H groups in total. The van der Waals surface area contributed by atoms with Crippen molar-refractivity contribution in [2.24, 2.45) is 0 Å². The van der Waals surface area contributed by atoms with Crippen LogP contribution in [0.2, 0.25) is 0 Å². The van der Waals surface area contributed by atoms with Gasteiger partial charge < -0.3 is 5.32 Å². The van der Waals surface area contributed by atoms with E-state index in [-0.39, 0.29) is 0 Å². The molecular formula is C9H12BrN. The summed E-state index contributed by atoms with van der Waals surface area (Å²) >= 11 is 3.48. The maximum absolute atomic E-state index is 3.48. The molecule has 0 saturated heterocycles. The molecule has 0 aromatic heterocycles. The fraction of sp³-hybridized carbons (Fsp3) is 0.333. The smallest absolute Gasteiger partial charge is 0.0484 e. The van der Waals surface area contributed by atoms with Gasteiger partial charge in [-0.1, -0.05) is 0 Å². The number of halogens is 1. The highest BCUT2D eigenvalue weighted by atomic mass is 79.9. The minimum atomic E-state index is 1.13. The number of hydrogen-bond donors (Lipinski definition) is 1. The first-order valence-corrected chi connectivity index (χ1v) is 4.39. The minimum Gasteiger partial charge on any atom is -0.387 e. The number of rotatable bonds is 1. The molecule has 1 nitrogen and oxygen atoms in total. The number of anilines is 1. The summed E-state index contributed by atoms with van der Waals surface area (Å²) in [4.78, 5) is 0. The predicted molar refractivity (Wildman–Crippen MR) is 53.2 cm³/mol. The Morgan fingerprint density at radius 3 is 2.27 bits per heavy atom. The largest absolute Gasteiger partial charge is 0.387 e. The Morgan fingerprint density at radius 2 is 1.73 bits per heavy atom. The van der Waals surface area contributed by atoms with Gasteiger partial charge in [-0.2, -0.15) is 0 Å². The standard InChI is InChI=1S/C9H12BrN/c1-6-4-8(10)9(11-3)5-7(6)2/h4-5,11H,1-3H3. The molecule has 0 atom stereocenters. The zero-order chi connectivity index (χ0) is 8.43. The second-order valence-electron chi connectivity index (χ2n) is 2.67. The average Bonchev–Trinajstić information content (AvgIpc) is 1.97. The summed E-state index contributed by atoms with van der Waals surface area (Å²) in [6, 6.07) is 4.26. The number of benzene rings is 1. The summed E-state index contributed by atoms with van der Waals surface area (Å²) in [6.07, 6.45) is 0. The van der Waals surface area contributed by atoms with Gasteiger partial charge >= 0.3 is 0 Å². The van der Waals surface area contributed by atoms with E-state index in [1.165, 1.54) is 11.1 Å². The highest BCUT2D eigenvalue weighted by molar-refractivity contribution is 9.10. The van der Waals surface area contributed by atoms with Crippen LogP contribution in [0.5, 0.6) is 0 Å². The van der Waals surface area contributed by atoms with Gasteiger partial charge in [-0.15, -0.1) is 0 Å². The lowest BCUT2D eigenvalue weighted by atomic mass is 10.1. The van der Waals surface area contributed by atoms with Crippen LogP contribution in [0.4, 0.5) is 5.69 Å². The van der Waals surface area contributed by atoms with E-state index in [9.17, 15) is 0 Å².